The minimum atomic E-state index is -0.0707. The molecule has 0 aliphatic rings. The van der Waals surface area contributed by atoms with Gasteiger partial charge in [-0.15, -0.1) is 0 Å². The zero-order chi connectivity index (χ0) is 23.5. The summed E-state index contributed by atoms with van der Waals surface area (Å²) in [7, 11) is 0. The lowest BCUT2D eigenvalue weighted by Crippen LogP contribution is -2.20. The van der Waals surface area contributed by atoms with Crippen molar-refractivity contribution >= 4 is 5.97 Å². The molecule has 0 rings (SSSR count). The minimum Gasteiger partial charge on any atom is -0.463 e. The van der Waals surface area contributed by atoms with E-state index in [-0.39, 0.29) is 11.9 Å². The number of hydrogen-bond donors (Lipinski definition) is 0. The number of carbonyl (C=O) groups is 1. The Kier molecular flexibility index (Phi) is 26.1. The van der Waals surface area contributed by atoms with Gasteiger partial charge in [0, 0.05) is 6.61 Å². The molecule has 0 fully saturated rings. The van der Waals surface area contributed by atoms with E-state index in [2.05, 4.69) is 13.8 Å². The Morgan fingerprint density at radius 1 is 0.531 bits per heavy atom. The van der Waals surface area contributed by atoms with Crippen molar-refractivity contribution in [2.45, 2.75) is 136 Å². The predicted octanol–water partition coefficient (Wildman–Crippen LogP) is 8.26. The van der Waals surface area contributed by atoms with Gasteiger partial charge in [0.25, 0.3) is 0 Å². The maximum Gasteiger partial charge on any atom is 0.308 e. The number of esters is 1. The van der Waals surface area contributed by atoms with Crippen LogP contribution in [-0.2, 0) is 19.0 Å². The molecule has 0 aromatic rings. The lowest BCUT2D eigenvalue weighted by molar-refractivity contribution is -0.150. The van der Waals surface area contributed by atoms with Crippen LogP contribution in [0.15, 0.2) is 0 Å². The highest BCUT2D eigenvalue weighted by Gasteiger charge is 2.16. The topological polar surface area (TPSA) is 44.8 Å². The molecule has 0 N–H and O–H groups in total. The van der Waals surface area contributed by atoms with Gasteiger partial charge in [-0.1, -0.05) is 117 Å². The first-order valence-corrected chi connectivity index (χ1v) is 14.1. The monoisotopic (exact) mass is 456 g/mol. The summed E-state index contributed by atoms with van der Waals surface area (Å²) in [4.78, 5) is 12.0. The van der Waals surface area contributed by atoms with Crippen LogP contribution in [0.1, 0.15) is 136 Å². The summed E-state index contributed by atoms with van der Waals surface area (Å²) in [6, 6.07) is 0. The van der Waals surface area contributed by atoms with Crippen LogP contribution in [-0.4, -0.2) is 39.0 Å². The largest absolute Gasteiger partial charge is 0.463 e. The number of ether oxygens (including phenoxy) is 3. The van der Waals surface area contributed by atoms with Gasteiger partial charge >= 0.3 is 5.97 Å². The molecule has 0 amide bonds. The van der Waals surface area contributed by atoms with E-state index in [4.69, 9.17) is 14.2 Å². The van der Waals surface area contributed by atoms with Gasteiger partial charge in [0.15, 0.2) is 0 Å². The Morgan fingerprint density at radius 2 is 0.969 bits per heavy atom. The average Bonchev–Trinajstić information content (AvgIpc) is 2.80. The highest BCUT2D eigenvalue weighted by Crippen LogP contribution is 2.14. The van der Waals surface area contributed by atoms with Gasteiger partial charge in [0.05, 0.1) is 25.7 Å². The number of hydrogen-bond acceptors (Lipinski definition) is 4. The summed E-state index contributed by atoms with van der Waals surface area (Å²) >= 11 is 0. The Hall–Kier alpha value is -0.610. The molecule has 4 heteroatoms. The SMILES string of the molecule is CCCCCCCCCCCCCCCCOCCOCCOC(=O)C(CC)CCCC. The fourth-order valence-corrected chi connectivity index (χ4v) is 3.98. The van der Waals surface area contributed by atoms with E-state index in [9.17, 15) is 4.79 Å². The molecule has 1 unspecified atom stereocenters. The van der Waals surface area contributed by atoms with Gasteiger partial charge in [-0.2, -0.15) is 0 Å². The predicted molar refractivity (Wildman–Crippen MR) is 136 cm³/mol. The highest BCUT2D eigenvalue weighted by molar-refractivity contribution is 5.72. The van der Waals surface area contributed by atoms with Crippen LogP contribution in [0, 0.1) is 5.92 Å². The van der Waals surface area contributed by atoms with E-state index in [1.54, 1.807) is 0 Å². The van der Waals surface area contributed by atoms with Crippen LogP contribution in [0.3, 0.4) is 0 Å². The molecule has 1 atom stereocenters. The van der Waals surface area contributed by atoms with Crippen molar-refractivity contribution in [2.24, 2.45) is 5.92 Å². The smallest absolute Gasteiger partial charge is 0.308 e. The minimum absolute atomic E-state index is 0.0448. The van der Waals surface area contributed by atoms with E-state index in [0.29, 0.717) is 26.4 Å². The first kappa shape index (κ1) is 31.4. The normalized spacial score (nSPS) is 12.2. The standard InChI is InChI=1S/C28H56O4/c1-4-7-9-10-11-12-13-14-15-16-17-18-19-20-22-30-23-24-31-25-26-32-28(29)27(6-3)21-8-5-2/h27H,4-26H2,1-3H3. The maximum absolute atomic E-state index is 12.0. The van der Waals surface area contributed by atoms with E-state index < -0.39 is 0 Å². The Morgan fingerprint density at radius 3 is 1.47 bits per heavy atom. The van der Waals surface area contributed by atoms with Crippen LogP contribution in [0.2, 0.25) is 0 Å². The third-order valence-corrected chi connectivity index (χ3v) is 6.22. The van der Waals surface area contributed by atoms with E-state index in [1.807, 2.05) is 6.92 Å². The fourth-order valence-electron chi connectivity index (χ4n) is 3.98. The molecule has 0 saturated heterocycles. The molecule has 32 heavy (non-hydrogen) atoms. The van der Waals surface area contributed by atoms with Gasteiger partial charge in [0.2, 0.25) is 0 Å². The summed E-state index contributed by atoms with van der Waals surface area (Å²) in [5.41, 5.74) is 0. The van der Waals surface area contributed by atoms with Crippen molar-refractivity contribution in [2.75, 3.05) is 33.0 Å². The van der Waals surface area contributed by atoms with Crippen molar-refractivity contribution in [1.82, 2.24) is 0 Å². The summed E-state index contributed by atoms with van der Waals surface area (Å²) in [5.74, 6) is -0.0259. The Labute approximate surface area is 200 Å². The van der Waals surface area contributed by atoms with E-state index >= 15 is 0 Å². The first-order chi connectivity index (χ1) is 15.8. The molecule has 0 heterocycles. The van der Waals surface area contributed by atoms with Gasteiger partial charge in [-0.25, -0.2) is 0 Å². The fraction of sp³-hybridized carbons (Fsp3) is 0.964. The van der Waals surface area contributed by atoms with Crippen molar-refractivity contribution < 1.29 is 19.0 Å². The summed E-state index contributed by atoms with van der Waals surface area (Å²) < 4.78 is 16.5. The zero-order valence-electron chi connectivity index (χ0n) is 22.0. The molecular formula is C28H56O4. The van der Waals surface area contributed by atoms with Crippen LogP contribution in [0.25, 0.3) is 0 Å². The van der Waals surface area contributed by atoms with E-state index in [0.717, 1.165) is 38.7 Å². The Bertz CT molecular complexity index is 372. The molecule has 0 aliphatic heterocycles. The van der Waals surface area contributed by atoms with Gasteiger partial charge in [0.1, 0.15) is 6.61 Å². The van der Waals surface area contributed by atoms with Crippen LogP contribution >= 0.6 is 0 Å². The molecule has 0 radical (unpaired) electrons. The van der Waals surface area contributed by atoms with Crippen molar-refractivity contribution in [1.29, 1.82) is 0 Å². The molecule has 0 aromatic heterocycles. The van der Waals surface area contributed by atoms with Gasteiger partial charge in [-0.05, 0) is 19.3 Å². The lowest BCUT2D eigenvalue weighted by Gasteiger charge is -2.13. The molecule has 0 saturated carbocycles. The second kappa shape index (κ2) is 26.6. The molecule has 192 valence electrons. The zero-order valence-corrected chi connectivity index (χ0v) is 22.0. The second-order valence-corrected chi connectivity index (χ2v) is 9.24. The number of carbonyl (C=O) groups excluding carboxylic acids is 1. The number of rotatable bonds is 26. The number of unbranched alkanes of at least 4 members (excludes halogenated alkanes) is 14. The van der Waals surface area contributed by atoms with Crippen LogP contribution in [0.4, 0.5) is 0 Å². The summed E-state index contributed by atoms with van der Waals surface area (Å²) in [6.45, 7) is 9.30. The van der Waals surface area contributed by atoms with Crippen molar-refractivity contribution in [3.8, 4) is 0 Å². The summed E-state index contributed by atoms with van der Waals surface area (Å²) in [5, 5.41) is 0. The third kappa shape index (κ3) is 22.6. The maximum atomic E-state index is 12.0. The van der Waals surface area contributed by atoms with E-state index in [1.165, 1.54) is 83.5 Å². The van der Waals surface area contributed by atoms with Gasteiger partial charge < -0.3 is 14.2 Å². The van der Waals surface area contributed by atoms with Gasteiger partial charge in [-0.3, -0.25) is 4.79 Å². The lowest BCUT2D eigenvalue weighted by atomic mass is 10.00. The van der Waals surface area contributed by atoms with Crippen LogP contribution in [0.5, 0.6) is 0 Å². The quantitative estimate of drug-likeness (QED) is 0.0970. The first-order valence-electron chi connectivity index (χ1n) is 14.1. The molecule has 0 aliphatic carbocycles. The third-order valence-electron chi connectivity index (χ3n) is 6.22. The Balaban J connectivity index is 3.20. The molecular weight excluding hydrogens is 400 g/mol. The molecule has 0 spiro atoms. The van der Waals surface area contributed by atoms with Crippen LogP contribution < -0.4 is 0 Å². The average molecular weight is 457 g/mol. The van der Waals surface area contributed by atoms with Crippen molar-refractivity contribution in [3.63, 3.8) is 0 Å². The van der Waals surface area contributed by atoms with Crippen molar-refractivity contribution in [3.05, 3.63) is 0 Å². The molecule has 4 nitrogen and oxygen atoms in total. The molecule has 0 aromatic carbocycles. The summed E-state index contributed by atoms with van der Waals surface area (Å²) in [6.07, 6.45) is 23.3. The molecule has 0 bridgehead atoms. The highest BCUT2D eigenvalue weighted by atomic mass is 16.6. The second-order valence-electron chi connectivity index (χ2n) is 9.24.